The molecule has 2 heterocycles. The Labute approximate surface area is 164 Å². The van der Waals surface area contributed by atoms with Gasteiger partial charge >= 0.3 is 12.2 Å². The Balaban J connectivity index is 1.86. The van der Waals surface area contributed by atoms with Gasteiger partial charge in [0.15, 0.2) is 0 Å². The summed E-state index contributed by atoms with van der Waals surface area (Å²) in [7, 11) is 0. The van der Waals surface area contributed by atoms with Gasteiger partial charge in [-0.25, -0.2) is 14.7 Å². The molecule has 0 N–H and O–H groups in total. The summed E-state index contributed by atoms with van der Waals surface area (Å²) >= 11 is 5.88. The van der Waals surface area contributed by atoms with Crippen LogP contribution in [0.5, 0.6) is 0 Å². The van der Waals surface area contributed by atoms with Gasteiger partial charge in [-0.05, 0) is 49.2 Å². The van der Waals surface area contributed by atoms with Crippen molar-refractivity contribution in [2.24, 2.45) is 0 Å². The van der Waals surface area contributed by atoms with Crippen molar-refractivity contribution >= 4 is 29.2 Å². The average Bonchev–Trinajstić information content (AvgIpc) is 2.75. The predicted octanol–water partition coefficient (Wildman–Crippen LogP) is 4.59. The molecule has 148 valence electrons. The van der Waals surface area contributed by atoms with Crippen molar-refractivity contribution < 1.29 is 22.8 Å². The Morgan fingerprint density at radius 2 is 1.71 bits per heavy atom. The minimum absolute atomic E-state index is 0.0536. The Bertz CT molecular complexity index is 913. The molecule has 1 aromatic heterocycles. The lowest BCUT2D eigenvalue weighted by atomic mass is 10.0. The van der Waals surface area contributed by atoms with Gasteiger partial charge in [-0.2, -0.15) is 13.2 Å². The second-order valence-corrected chi connectivity index (χ2v) is 7.40. The number of carbonyl (C=O) groups is 2. The maximum atomic E-state index is 12.9. The SMILES string of the molecule is CC1(C)C(=O)N(c2ccc(CC(F)(F)F)cc2)C(=O)N1Cc1ccnc(Cl)c1. The Morgan fingerprint density at radius 1 is 1.07 bits per heavy atom. The van der Waals surface area contributed by atoms with Crippen molar-refractivity contribution in [1.29, 1.82) is 0 Å². The molecule has 1 aromatic carbocycles. The Kier molecular flexibility index (Phi) is 5.10. The van der Waals surface area contributed by atoms with Gasteiger partial charge in [0, 0.05) is 12.7 Å². The summed E-state index contributed by atoms with van der Waals surface area (Å²) in [5.41, 5.74) is -0.143. The van der Waals surface area contributed by atoms with E-state index < -0.39 is 30.1 Å². The number of nitrogens with zero attached hydrogens (tertiary/aromatic N) is 3. The molecular formula is C19H17ClF3N3O2. The molecule has 3 amide bonds. The van der Waals surface area contributed by atoms with E-state index in [1.54, 1.807) is 26.0 Å². The third kappa shape index (κ3) is 3.96. The average molecular weight is 412 g/mol. The van der Waals surface area contributed by atoms with Crippen molar-refractivity contribution in [3.8, 4) is 0 Å². The van der Waals surface area contributed by atoms with E-state index in [0.717, 1.165) is 4.90 Å². The van der Waals surface area contributed by atoms with Gasteiger partial charge in [0.1, 0.15) is 10.7 Å². The van der Waals surface area contributed by atoms with Crippen LogP contribution >= 0.6 is 11.6 Å². The summed E-state index contributed by atoms with van der Waals surface area (Å²) in [6.45, 7) is 3.38. The van der Waals surface area contributed by atoms with Crippen molar-refractivity contribution in [2.45, 2.75) is 38.5 Å². The van der Waals surface area contributed by atoms with E-state index in [4.69, 9.17) is 11.6 Å². The number of pyridine rings is 1. The van der Waals surface area contributed by atoms with Crippen LogP contribution in [-0.2, 0) is 17.8 Å². The highest BCUT2D eigenvalue weighted by atomic mass is 35.5. The second-order valence-electron chi connectivity index (χ2n) is 7.01. The zero-order valence-electron chi connectivity index (χ0n) is 15.1. The lowest BCUT2D eigenvalue weighted by Gasteiger charge is -2.27. The van der Waals surface area contributed by atoms with Crippen LogP contribution < -0.4 is 4.90 Å². The summed E-state index contributed by atoms with van der Waals surface area (Å²) < 4.78 is 37.5. The predicted molar refractivity (Wildman–Crippen MR) is 98.0 cm³/mol. The molecule has 2 aromatic rings. The van der Waals surface area contributed by atoms with Gasteiger partial charge in [0.2, 0.25) is 0 Å². The first kappa shape index (κ1) is 20.1. The number of amides is 3. The number of urea groups is 1. The highest BCUT2D eigenvalue weighted by Crippen LogP contribution is 2.34. The van der Waals surface area contributed by atoms with E-state index in [1.807, 2.05) is 0 Å². The first-order valence-corrected chi connectivity index (χ1v) is 8.79. The fourth-order valence-electron chi connectivity index (χ4n) is 3.05. The van der Waals surface area contributed by atoms with Gasteiger partial charge in [0.25, 0.3) is 5.91 Å². The number of hydrogen-bond donors (Lipinski definition) is 0. The van der Waals surface area contributed by atoms with Gasteiger partial charge in [0.05, 0.1) is 12.1 Å². The molecule has 3 rings (SSSR count). The van der Waals surface area contributed by atoms with Crippen molar-refractivity contribution in [3.63, 3.8) is 0 Å². The van der Waals surface area contributed by atoms with Crippen LogP contribution in [0.15, 0.2) is 42.6 Å². The van der Waals surface area contributed by atoms with Gasteiger partial charge in [-0.3, -0.25) is 4.79 Å². The molecule has 9 heteroatoms. The topological polar surface area (TPSA) is 53.5 Å². The molecule has 1 fully saturated rings. The van der Waals surface area contributed by atoms with Crippen LogP contribution in [0.4, 0.5) is 23.7 Å². The number of carbonyl (C=O) groups excluding carboxylic acids is 2. The normalized spacial score (nSPS) is 16.8. The summed E-state index contributed by atoms with van der Waals surface area (Å²) in [5.74, 6) is -0.457. The molecule has 5 nitrogen and oxygen atoms in total. The molecule has 0 unspecified atom stereocenters. The van der Waals surface area contributed by atoms with Gasteiger partial charge < -0.3 is 4.90 Å². The minimum Gasteiger partial charge on any atom is -0.305 e. The molecule has 0 aliphatic carbocycles. The third-order valence-corrected chi connectivity index (χ3v) is 4.76. The maximum absolute atomic E-state index is 12.9. The maximum Gasteiger partial charge on any atom is 0.393 e. The number of benzene rings is 1. The van der Waals surface area contributed by atoms with Crippen LogP contribution in [0.1, 0.15) is 25.0 Å². The number of imide groups is 1. The highest BCUT2D eigenvalue weighted by molar-refractivity contribution is 6.29. The number of alkyl halides is 3. The highest BCUT2D eigenvalue weighted by Gasteiger charge is 2.51. The molecule has 0 radical (unpaired) electrons. The number of halogens is 4. The lowest BCUT2D eigenvalue weighted by Crippen LogP contribution is -2.43. The van der Waals surface area contributed by atoms with E-state index in [-0.39, 0.29) is 22.9 Å². The van der Waals surface area contributed by atoms with Gasteiger partial charge in [-0.15, -0.1) is 0 Å². The fourth-order valence-corrected chi connectivity index (χ4v) is 3.24. The molecule has 1 saturated heterocycles. The van der Waals surface area contributed by atoms with Crippen LogP contribution in [0.3, 0.4) is 0 Å². The molecule has 1 aliphatic heterocycles. The molecule has 0 saturated carbocycles. The van der Waals surface area contributed by atoms with Crippen LogP contribution in [0.2, 0.25) is 5.15 Å². The van der Waals surface area contributed by atoms with E-state index >= 15 is 0 Å². The molecule has 0 spiro atoms. The van der Waals surface area contributed by atoms with Crippen molar-refractivity contribution in [2.75, 3.05) is 4.90 Å². The first-order valence-electron chi connectivity index (χ1n) is 8.41. The van der Waals surface area contributed by atoms with Crippen LogP contribution in [-0.4, -0.2) is 33.5 Å². The standard InChI is InChI=1S/C19H17ClF3N3O2/c1-18(2)16(27)26(14-5-3-12(4-6-14)10-19(21,22)23)17(28)25(18)11-13-7-8-24-15(20)9-13/h3-9H,10-11H2,1-2H3. The number of anilines is 1. The fraction of sp³-hybridized carbons (Fsp3) is 0.316. The number of hydrogen-bond acceptors (Lipinski definition) is 3. The Hall–Kier alpha value is -2.61. The van der Waals surface area contributed by atoms with E-state index in [9.17, 15) is 22.8 Å². The molecular weight excluding hydrogens is 395 g/mol. The first-order chi connectivity index (χ1) is 13.0. The summed E-state index contributed by atoms with van der Waals surface area (Å²) in [6.07, 6.45) is -3.90. The monoisotopic (exact) mass is 411 g/mol. The smallest absolute Gasteiger partial charge is 0.305 e. The summed E-state index contributed by atoms with van der Waals surface area (Å²) in [5, 5.41) is 0.269. The van der Waals surface area contributed by atoms with Crippen molar-refractivity contribution in [1.82, 2.24) is 9.88 Å². The second kappa shape index (κ2) is 7.09. The zero-order valence-corrected chi connectivity index (χ0v) is 15.9. The molecule has 28 heavy (non-hydrogen) atoms. The summed E-state index contributed by atoms with van der Waals surface area (Å²) in [6, 6.07) is 7.97. The molecule has 1 aliphatic rings. The van der Waals surface area contributed by atoms with E-state index in [1.165, 1.54) is 35.4 Å². The third-order valence-electron chi connectivity index (χ3n) is 4.55. The largest absolute Gasteiger partial charge is 0.393 e. The number of rotatable bonds is 4. The van der Waals surface area contributed by atoms with Crippen molar-refractivity contribution in [3.05, 3.63) is 58.9 Å². The quantitative estimate of drug-likeness (QED) is 0.546. The summed E-state index contributed by atoms with van der Waals surface area (Å²) in [4.78, 5) is 32.1. The molecule has 0 atom stereocenters. The minimum atomic E-state index is -4.33. The Morgan fingerprint density at radius 3 is 2.29 bits per heavy atom. The number of aromatic nitrogens is 1. The van der Waals surface area contributed by atoms with Gasteiger partial charge in [-0.1, -0.05) is 23.7 Å². The molecule has 0 bridgehead atoms. The lowest BCUT2D eigenvalue weighted by molar-refractivity contribution is -0.127. The van der Waals surface area contributed by atoms with Crippen LogP contribution in [0.25, 0.3) is 0 Å². The van der Waals surface area contributed by atoms with E-state index in [0.29, 0.717) is 5.56 Å². The zero-order chi connectivity index (χ0) is 20.7. The van der Waals surface area contributed by atoms with E-state index in [2.05, 4.69) is 4.98 Å². The van der Waals surface area contributed by atoms with Crippen LogP contribution in [0, 0.1) is 0 Å².